The molecule has 0 bridgehead atoms. The fraction of sp³-hybridized carbons (Fsp3) is 0.514. The number of halogens is 1. The smallest absolute Gasteiger partial charge is 0.125 e. The van der Waals surface area contributed by atoms with Gasteiger partial charge in [-0.2, -0.15) is 0 Å². The number of allylic oxidation sites excluding steroid dienone is 14. The summed E-state index contributed by atoms with van der Waals surface area (Å²) < 4.78 is 7.50. The van der Waals surface area contributed by atoms with Crippen molar-refractivity contribution in [3.8, 4) is 0 Å². The second-order valence-corrected chi connectivity index (χ2v) is 15.3. The van der Waals surface area contributed by atoms with Gasteiger partial charge in [0.2, 0.25) is 0 Å². The van der Waals surface area contributed by atoms with Crippen molar-refractivity contribution in [3.05, 3.63) is 106 Å². The molecule has 0 aromatic rings. The topological polar surface area (TPSA) is 12.5 Å². The molecule has 0 spiro atoms. The van der Waals surface area contributed by atoms with Crippen LogP contribution in [0.3, 0.4) is 0 Å². The van der Waals surface area contributed by atoms with E-state index in [0.717, 1.165) is 12.8 Å². The van der Waals surface area contributed by atoms with Gasteiger partial charge in [-0.15, -0.1) is 0 Å². The predicted octanol–water partition coefficient (Wildman–Crippen LogP) is 9.43. The van der Waals surface area contributed by atoms with E-state index in [4.69, 9.17) is 4.74 Å². The van der Waals surface area contributed by atoms with E-state index in [1.54, 1.807) is 33.7 Å². The molecule has 6 aliphatic carbocycles. The molecule has 8 atom stereocenters. The maximum Gasteiger partial charge on any atom is 0.125 e. The van der Waals surface area contributed by atoms with Crippen molar-refractivity contribution in [2.24, 2.45) is 29.1 Å². The maximum absolute atomic E-state index is 6.90. The highest BCUT2D eigenvalue weighted by molar-refractivity contribution is 14.1. The number of ether oxygens (including phenoxy) is 1. The Morgan fingerprint density at radius 1 is 1.00 bits per heavy atom. The van der Waals surface area contributed by atoms with Crippen LogP contribution in [-0.4, -0.2) is 21.0 Å². The summed E-state index contributed by atoms with van der Waals surface area (Å²) in [4.78, 5) is 2.87. The first kappa shape index (κ1) is 25.7. The monoisotopic (exact) mass is 643 g/mol. The Kier molecular flexibility index (Phi) is 6.28. The minimum atomic E-state index is 0.146. The number of alkyl halides is 1. The van der Waals surface area contributed by atoms with Crippen molar-refractivity contribution >= 4 is 22.6 Å². The average molecular weight is 644 g/mol. The maximum atomic E-state index is 6.90. The molecule has 2 heterocycles. The van der Waals surface area contributed by atoms with E-state index in [1.807, 2.05) is 0 Å². The first-order valence-electron chi connectivity index (χ1n) is 15.9. The lowest BCUT2D eigenvalue weighted by Gasteiger charge is -2.40. The summed E-state index contributed by atoms with van der Waals surface area (Å²) in [7, 11) is 0. The first-order valence-corrected chi connectivity index (χ1v) is 17.1. The Bertz CT molecular complexity index is 1400. The van der Waals surface area contributed by atoms with Crippen LogP contribution in [0.25, 0.3) is 0 Å². The molecular formula is C37H42INO. The van der Waals surface area contributed by atoms with E-state index in [0.29, 0.717) is 33.6 Å². The molecule has 0 aromatic carbocycles. The van der Waals surface area contributed by atoms with Crippen LogP contribution >= 0.6 is 22.6 Å². The van der Waals surface area contributed by atoms with Gasteiger partial charge in [0.15, 0.2) is 0 Å². The van der Waals surface area contributed by atoms with Crippen LogP contribution < -0.4 is 0 Å². The molecule has 40 heavy (non-hydrogen) atoms. The van der Waals surface area contributed by atoms with Gasteiger partial charge in [-0.3, -0.25) is 0 Å². The zero-order chi connectivity index (χ0) is 27.0. The molecular weight excluding hydrogens is 601 g/mol. The fourth-order valence-electron chi connectivity index (χ4n) is 9.17. The van der Waals surface area contributed by atoms with E-state index in [1.165, 1.54) is 50.7 Å². The second-order valence-electron chi connectivity index (χ2n) is 13.7. The third-order valence-electron chi connectivity index (χ3n) is 11.2. The second kappa shape index (κ2) is 9.78. The number of nitrogens with zero attached hydrogens (tertiary/aromatic N) is 1. The van der Waals surface area contributed by atoms with Crippen molar-refractivity contribution in [1.29, 1.82) is 0 Å². The van der Waals surface area contributed by atoms with E-state index < -0.39 is 0 Å². The summed E-state index contributed by atoms with van der Waals surface area (Å²) in [5, 5.41) is 0. The lowest BCUT2D eigenvalue weighted by molar-refractivity contribution is 0.147. The van der Waals surface area contributed by atoms with Crippen LogP contribution in [-0.2, 0) is 4.74 Å². The summed E-state index contributed by atoms with van der Waals surface area (Å²) in [6.07, 6.45) is 37.9. The summed E-state index contributed by atoms with van der Waals surface area (Å²) >= 11 is 2.61. The van der Waals surface area contributed by atoms with Crippen molar-refractivity contribution in [3.63, 3.8) is 0 Å². The van der Waals surface area contributed by atoms with Gasteiger partial charge in [0.25, 0.3) is 0 Å². The quantitative estimate of drug-likeness (QED) is 0.173. The highest BCUT2D eigenvalue weighted by Crippen LogP contribution is 2.57. The lowest BCUT2D eigenvalue weighted by atomic mass is 9.74. The van der Waals surface area contributed by atoms with Gasteiger partial charge in [-0.25, -0.2) is 0 Å². The Hall–Kier alpha value is -2.01. The predicted molar refractivity (Wildman–Crippen MR) is 172 cm³/mol. The number of fused-ring (bicyclic) bond motifs is 5. The molecule has 0 fully saturated rings. The van der Waals surface area contributed by atoms with Crippen molar-refractivity contribution in [1.82, 2.24) is 4.90 Å². The minimum Gasteiger partial charge on any atom is -0.485 e. The Morgan fingerprint density at radius 3 is 2.73 bits per heavy atom. The van der Waals surface area contributed by atoms with E-state index >= 15 is 0 Å². The highest BCUT2D eigenvalue weighted by Gasteiger charge is 2.51. The molecule has 3 heteroatoms. The van der Waals surface area contributed by atoms with Gasteiger partial charge in [0.1, 0.15) is 11.9 Å². The van der Waals surface area contributed by atoms with Crippen LogP contribution in [0.2, 0.25) is 0 Å². The minimum absolute atomic E-state index is 0.146. The summed E-state index contributed by atoms with van der Waals surface area (Å²) in [5.74, 6) is 3.37. The first-order chi connectivity index (χ1) is 19.5. The molecule has 8 unspecified atom stereocenters. The Morgan fingerprint density at radius 2 is 1.88 bits per heavy atom. The van der Waals surface area contributed by atoms with Crippen LogP contribution in [0, 0.1) is 29.1 Å². The van der Waals surface area contributed by atoms with E-state index in [2.05, 4.69) is 108 Å². The Labute approximate surface area is 254 Å². The normalized spacial score (nSPS) is 41.3. The van der Waals surface area contributed by atoms with Gasteiger partial charge in [-0.05, 0) is 87.0 Å². The summed E-state index contributed by atoms with van der Waals surface area (Å²) in [6, 6.07) is 0.520. The van der Waals surface area contributed by atoms with Gasteiger partial charge in [0, 0.05) is 50.1 Å². The van der Waals surface area contributed by atoms with Gasteiger partial charge < -0.3 is 9.64 Å². The molecule has 0 saturated carbocycles. The van der Waals surface area contributed by atoms with Crippen LogP contribution in [0.15, 0.2) is 106 Å². The molecule has 0 amide bonds. The molecule has 2 aliphatic heterocycles. The molecule has 8 aliphatic rings. The van der Waals surface area contributed by atoms with Crippen molar-refractivity contribution in [2.45, 2.75) is 87.7 Å². The molecule has 8 rings (SSSR count). The zero-order valence-electron chi connectivity index (χ0n) is 24.0. The number of rotatable bonds is 3. The van der Waals surface area contributed by atoms with Crippen LogP contribution in [0.5, 0.6) is 0 Å². The standard InChI is InChI=1S/C37H42INO/c1-23-18-32-35(36-34(23)30-13-4-6-15-33(30)40-36)29-12-3-5-14-31(29)39(32)28-21-25(24-10-9-11-27(38)20-24)19-26(22-28)37(2)16-7-8-17-37/h3,6-7,9-12,15-16,19,22-23,25,27,29-31,33H,4-5,8,13-14,17-18,20-21H2,1-2H3. The number of hydrogen-bond donors (Lipinski definition) is 0. The molecule has 208 valence electrons. The average Bonchev–Trinajstić information content (AvgIpc) is 3.67. The fourth-order valence-corrected chi connectivity index (χ4v) is 9.92. The Balaban J connectivity index is 1.24. The van der Waals surface area contributed by atoms with Crippen LogP contribution in [0.1, 0.15) is 71.6 Å². The van der Waals surface area contributed by atoms with Gasteiger partial charge >= 0.3 is 0 Å². The summed E-state index contributed by atoms with van der Waals surface area (Å²) in [6.45, 7) is 4.95. The largest absolute Gasteiger partial charge is 0.485 e. The van der Waals surface area contributed by atoms with Crippen molar-refractivity contribution < 1.29 is 4.74 Å². The molecule has 0 saturated heterocycles. The molecule has 0 aromatic heterocycles. The molecule has 2 nitrogen and oxygen atoms in total. The van der Waals surface area contributed by atoms with Gasteiger partial charge in [-0.1, -0.05) is 96.7 Å². The van der Waals surface area contributed by atoms with E-state index in [-0.39, 0.29) is 11.5 Å². The SMILES string of the molecule is CC1CC2=C(C3=C1C1CCC=CC1O3)C1C=CCCC1N2C1=CC(C2(C)C=CCC2)=CC(C2=CC=CC(I)C2)C1. The van der Waals surface area contributed by atoms with Crippen LogP contribution in [0.4, 0.5) is 0 Å². The third kappa shape index (κ3) is 4.00. The molecule has 0 N–H and O–H groups in total. The third-order valence-corrected chi connectivity index (χ3v) is 12.0. The van der Waals surface area contributed by atoms with Crippen molar-refractivity contribution in [2.75, 3.05) is 0 Å². The summed E-state index contributed by atoms with van der Waals surface area (Å²) in [5.41, 5.74) is 9.63. The van der Waals surface area contributed by atoms with E-state index in [9.17, 15) is 0 Å². The highest BCUT2D eigenvalue weighted by atomic mass is 127. The molecule has 0 radical (unpaired) electrons. The zero-order valence-corrected chi connectivity index (χ0v) is 26.1. The lowest BCUT2D eigenvalue weighted by Crippen LogP contribution is -2.36. The number of hydrogen-bond acceptors (Lipinski definition) is 2. The van der Waals surface area contributed by atoms with Gasteiger partial charge in [0.05, 0.1) is 0 Å².